The van der Waals surface area contributed by atoms with E-state index in [4.69, 9.17) is 37.4 Å². The number of hydrogen-bond donors (Lipinski definition) is 3. The van der Waals surface area contributed by atoms with Gasteiger partial charge in [-0.25, -0.2) is 4.79 Å². The minimum Gasteiger partial charge on any atom is -0.495 e. The fraction of sp³-hybridized carbons (Fsp3) is 0.500. The Labute approximate surface area is 292 Å². The normalized spacial score (nSPS) is 23.6. The van der Waals surface area contributed by atoms with Crippen LogP contribution in [-0.4, -0.2) is 66.9 Å². The van der Waals surface area contributed by atoms with Crippen LogP contribution in [0.2, 0.25) is 5.02 Å². The molecule has 4 unspecified atom stereocenters. The first-order valence-corrected chi connectivity index (χ1v) is 16.8. The molecular weight excluding hydrogens is 659 g/mol. The van der Waals surface area contributed by atoms with Crippen LogP contribution in [0.25, 0.3) is 0 Å². The molecule has 0 spiro atoms. The average molecular weight is 706 g/mol. The Kier molecular flexibility index (Phi) is 14.3. The smallest absolute Gasteiger partial charge is 0.347 e. The first-order chi connectivity index (χ1) is 22.6. The molecule has 48 heavy (non-hydrogen) atoms. The van der Waals surface area contributed by atoms with E-state index in [2.05, 4.69) is 10.6 Å². The van der Waals surface area contributed by atoms with Crippen molar-refractivity contribution in [3.63, 3.8) is 0 Å². The highest BCUT2D eigenvalue weighted by Gasteiger charge is 2.38. The summed E-state index contributed by atoms with van der Waals surface area (Å²) in [6, 6.07) is 13.0. The Morgan fingerprint density at radius 3 is 2.35 bits per heavy atom. The minimum atomic E-state index is -1.25. The topological polar surface area (TPSA) is 140 Å². The lowest BCUT2D eigenvalue weighted by Gasteiger charge is -2.32. The monoisotopic (exact) mass is 704 g/mol. The highest BCUT2D eigenvalue weighted by Crippen LogP contribution is 2.32. The summed E-state index contributed by atoms with van der Waals surface area (Å²) in [5.41, 5.74) is 0.104. The number of methoxy groups -OCH3 is 1. The Balaban J connectivity index is 1.96. The maximum Gasteiger partial charge on any atom is 0.347 e. The third-order valence-corrected chi connectivity index (χ3v) is 9.00. The quantitative estimate of drug-likeness (QED) is 0.235. The molecule has 262 valence electrons. The van der Waals surface area contributed by atoms with Gasteiger partial charge < -0.3 is 30.0 Å². The van der Waals surface area contributed by atoms with E-state index in [1.807, 2.05) is 19.9 Å². The van der Waals surface area contributed by atoms with Crippen LogP contribution in [0.5, 0.6) is 5.75 Å². The molecule has 1 heterocycles. The van der Waals surface area contributed by atoms with Crippen molar-refractivity contribution in [2.24, 2.45) is 17.3 Å². The van der Waals surface area contributed by atoms with Crippen LogP contribution in [0.4, 0.5) is 0 Å². The zero-order valence-corrected chi connectivity index (χ0v) is 29.7. The standard InChI is InChI=1S/C36H46Cl2N2O8/c1-21(2)17-29-34(44)47-27(22(3)32(42)31(38)24-11-8-7-9-12-24)13-10-14-30(41)40-26(19-23-15-16-28(46-6)25(37)18-23)33(43)39-20-36(4,5)35(45)48-29/h7-12,14-16,18,21-22,26-27,29,31-32,42H,13,17,19-20H2,1-6H3,(H,39,43)(H,40,41)/b14-10+/t22?,26-,27?,29+,31?,32?/m1/s1. The van der Waals surface area contributed by atoms with Crippen molar-refractivity contribution in [2.75, 3.05) is 13.7 Å². The van der Waals surface area contributed by atoms with Crippen molar-refractivity contribution >= 4 is 47.0 Å². The number of aliphatic hydroxyl groups is 1. The van der Waals surface area contributed by atoms with Gasteiger partial charge in [-0.1, -0.05) is 74.8 Å². The van der Waals surface area contributed by atoms with E-state index in [1.165, 1.54) is 19.3 Å². The molecule has 0 aliphatic carbocycles. The lowest BCUT2D eigenvalue weighted by molar-refractivity contribution is -0.180. The zero-order valence-electron chi connectivity index (χ0n) is 28.2. The molecule has 12 heteroatoms. The van der Waals surface area contributed by atoms with Gasteiger partial charge in [0.2, 0.25) is 11.8 Å². The molecule has 6 atom stereocenters. The highest BCUT2D eigenvalue weighted by molar-refractivity contribution is 6.32. The number of carbonyl (C=O) groups excluding carboxylic acids is 4. The Hall–Kier alpha value is -3.60. The SMILES string of the molecule is COc1ccc(C[C@H]2NC(=O)/C=C/CC(C(C)C(O)C(Cl)c3ccccc3)OC(=O)[C@H](CC(C)C)OC(=O)C(C)(C)CNC2=O)cc1Cl. The predicted octanol–water partition coefficient (Wildman–Crippen LogP) is 5.33. The predicted molar refractivity (Wildman–Crippen MR) is 184 cm³/mol. The van der Waals surface area contributed by atoms with Gasteiger partial charge in [-0.3, -0.25) is 14.4 Å². The molecule has 2 aromatic carbocycles. The summed E-state index contributed by atoms with van der Waals surface area (Å²) in [6.07, 6.45) is -0.287. The summed E-state index contributed by atoms with van der Waals surface area (Å²) >= 11 is 13.0. The number of nitrogens with one attached hydrogen (secondary N) is 2. The first kappa shape index (κ1) is 38.8. The minimum absolute atomic E-state index is 0.0224. The number of amides is 2. The van der Waals surface area contributed by atoms with Crippen LogP contribution in [0.15, 0.2) is 60.7 Å². The van der Waals surface area contributed by atoms with Crippen LogP contribution in [0.3, 0.4) is 0 Å². The van der Waals surface area contributed by atoms with E-state index in [0.717, 1.165) is 0 Å². The number of benzene rings is 2. The number of alkyl halides is 1. The van der Waals surface area contributed by atoms with Crippen molar-refractivity contribution in [1.29, 1.82) is 0 Å². The van der Waals surface area contributed by atoms with Crippen molar-refractivity contribution in [2.45, 2.75) is 83.6 Å². The Morgan fingerprint density at radius 1 is 1.04 bits per heavy atom. The first-order valence-electron chi connectivity index (χ1n) is 16.0. The van der Waals surface area contributed by atoms with Gasteiger partial charge in [-0.15, -0.1) is 11.6 Å². The van der Waals surface area contributed by atoms with Crippen LogP contribution in [-0.2, 0) is 35.1 Å². The maximum absolute atomic E-state index is 13.6. The summed E-state index contributed by atoms with van der Waals surface area (Å²) < 4.78 is 16.9. The largest absolute Gasteiger partial charge is 0.495 e. The number of ether oxygens (including phenoxy) is 3. The average Bonchev–Trinajstić information content (AvgIpc) is 3.04. The molecular formula is C36H46Cl2N2O8. The molecule has 0 aromatic heterocycles. The number of hydrogen-bond acceptors (Lipinski definition) is 8. The van der Waals surface area contributed by atoms with Crippen molar-refractivity contribution in [3.8, 4) is 5.75 Å². The second kappa shape index (κ2) is 17.7. The van der Waals surface area contributed by atoms with Crippen LogP contribution in [0, 0.1) is 17.3 Å². The molecule has 10 nitrogen and oxygen atoms in total. The summed E-state index contributed by atoms with van der Waals surface area (Å²) in [5, 5.41) is 16.3. The Morgan fingerprint density at radius 2 is 1.73 bits per heavy atom. The second-order valence-electron chi connectivity index (χ2n) is 13.1. The fourth-order valence-electron chi connectivity index (χ4n) is 5.14. The van der Waals surface area contributed by atoms with Gasteiger partial charge in [0, 0.05) is 25.3 Å². The number of esters is 2. The van der Waals surface area contributed by atoms with E-state index in [-0.39, 0.29) is 31.7 Å². The van der Waals surface area contributed by atoms with E-state index in [0.29, 0.717) is 21.9 Å². The van der Waals surface area contributed by atoms with Gasteiger partial charge in [-0.2, -0.15) is 0 Å². The molecule has 2 aromatic rings. The van der Waals surface area contributed by atoms with E-state index in [1.54, 1.807) is 63.2 Å². The molecule has 0 saturated carbocycles. The van der Waals surface area contributed by atoms with E-state index < -0.39 is 64.8 Å². The molecule has 1 aliphatic rings. The fourth-order valence-corrected chi connectivity index (χ4v) is 5.79. The van der Waals surface area contributed by atoms with Crippen molar-refractivity contribution < 1.29 is 38.5 Å². The summed E-state index contributed by atoms with van der Waals surface area (Å²) in [6.45, 7) is 8.49. The molecule has 0 fully saturated rings. The van der Waals surface area contributed by atoms with Gasteiger partial charge in [0.25, 0.3) is 0 Å². The maximum atomic E-state index is 13.6. The van der Waals surface area contributed by atoms with Crippen molar-refractivity contribution in [3.05, 3.63) is 76.8 Å². The molecule has 3 rings (SSSR count). The third kappa shape index (κ3) is 11.0. The summed E-state index contributed by atoms with van der Waals surface area (Å²) in [4.78, 5) is 53.6. The lowest BCUT2D eigenvalue weighted by atomic mass is 9.90. The molecule has 0 radical (unpaired) electrons. The van der Waals surface area contributed by atoms with Gasteiger partial charge in [0.1, 0.15) is 17.9 Å². The van der Waals surface area contributed by atoms with Crippen LogP contribution < -0.4 is 15.4 Å². The van der Waals surface area contributed by atoms with Crippen molar-refractivity contribution in [1.82, 2.24) is 10.6 Å². The Bertz CT molecular complexity index is 1450. The van der Waals surface area contributed by atoms with Gasteiger partial charge in [0.05, 0.1) is 29.0 Å². The molecule has 0 bridgehead atoms. The van der Waals surface area contributed by atoms with Gasteiger partial charge >= 0.3 is 11.9 Å². The number of halogens is 2. The zero-order chi connectivity index (χ0) is 35.6. The van der Waals surface area contributed by atoms with E-state index >= 15 is 0 Å². The number of carbonyl (C=O) groups is 4. The van der Waals surface area contributed by atoms with Gasteiger partial charge in [-0.05, 0) is 55.5 Å². The van der Waals surface area contributed by atoms with Crippen LogP contribution in [0.1, 0.15) is 64.0 Å². The number of aliphatic hydroxyl groups excluding tert-OH is 1. The molecule has 3 N–H and O–H groups in total. The molecule has 1 aliphatic heterocycles. The summed E-state index contributed by atoms with van der Waals surface area (Å²) in [7, 11) is 1.49. The molecule has 0 saturated heterocycles. The number of rotatable bonds is 9. The molecule has 2 amide bonds. The lowest BCUT2D eigenvalue weighted by Crippen LogP contribution is -2.51. The summed E-state index contributed by atoms with van der Waals surface area (Å²) in [5.74, 6) is -2.87. The van der Waals surface area contributed by atoms with Gasteiger partial charge in [0.15, 0.2) is 6.10 Å². The highest BCUT2D eigenvalue weighted by atomic mass is 35.5. The van der Waals surface area contributed by atoms with E-state index in [9.17, 15) is 24.3 Å². The number of cyclic esters (lactones) is 2. The second-order valence-corrected chi connectivity index (χ2v) is 14.0. The third-order valence-electron chi connectivity index (χ3n) is 8.19. The van der Waals surface area contributed by atoms with Crippen LogP contribution >= 0.6 is 23.2 Å².